The van der Waals surface area contributed by atoms with Crippen LogP contribution in [0.3, 0.4) is 0 Å². The van der Waals surface area contributed by atoms with Gasteiger partial charge in [0, 0.05) is 12.8 Å². The van der Waals surface area contributed by atoms with Crippen molar-refractivity contribution >= 4 is 19.8 Å². The van der Waals surface area contributed by atoms with E-state index in [1.54, 1.807) is 0 Å². The molecule has 0 saturated carbocycles. The van der Waals surface area contributed by atoms with Crippen molar-refractivity contribution in [3.8, 4) is 0 Å². The number of rotatable bonds is 77. The van der Waals surface area contributed by atoms with Crippen LogP contribution in [0.25, 0.3) is 0 Å². The third kappa shape index (κ3) is 84.6. The van der Waals surface area contributed by atoms with Gasteiger partial charge in [-0.25, -0.2) is 0 Å². The molecule has 0 aromatic heterocycles. The first kappa shape index (κ1) is 97.6. The SMILES string of the molecule is CC/C=C\C/C=C\C/C=C\C/C=C\C/C=C\C/C=C\C/C=C\C/C=C\C/C=C\C/C=C\C/C=C\C/C=C\CCCCCCC(=O)OC(COC(=O)CCCCCCCCCCCCCCCCCCCCCCCCCCC/C=C\CCCCCCCCCC)COP(=O)([O-])OCC[N+](C)(C)C. The van der Waals surface area contributed by atoms with Crippen LogP contribution in [0.4, 0.5) is 0 Å². The van der Waals surface area contributed by atoms with Crippen molar-refractivity contribution in [1.82, 2.24) is 0 Å². The largest absolute Gasteiger partial charge is 0.756 e. The maximum atomic E-state index is 12.9. The zero-order valence-corrected chi connectivity index (χ0v) is 67.7. The molecule has 2 unspecified atom stereocenters. The number of quaternary nitrogens is 1. The van der Waals surface area contributed by atoms with Gasteiger partial charge in [0.25, 0.3) is 7.82 Å². The summed E-state index contributed by atoms with van der Waals surface area (Å²) in [7, 11) is 1.14. The molecular weight excluding hydrogens is 1280 g/mol. The van der Waals surface area contributed by atoms with Crippen molar-refractivity contribution in [1.29, 1.82) is 0 Å². The lowest BCUT2D eigenvalue weighted by Gasteiger charge is -2.28. The molecule has 0 saturated heterocycles. The highest BCUT2D eigenvalue weighted by molar-refractivity contribution is 7.45. The molecule has 0 aromatic rings. The van der Waals surface area contributed by atoms with Crippen LogP contribution < -0.4 is 4.89 Å². The van der Waals surface area contributed by atoms with Crippen molar-refractivity contribution in [3.63, 3.8) is 0 Å². The highest BCUT2D eigenvalue weighted by Crippen LogP contribution is 2.38. The highest BCUT2D eigenvalue weighted by Gasteiger charge is 2.22. The summed E-state index contributed by atoms with van der Waals surface area (Å²) in [4.78, 5) is 38.2. The molecule has 0 aliphatic rings. The second kappa shape index (κ2) is 80.7. The Morgan fingerprint density at radius 1 is 0.314 bits per heavy atom. The van der Waals surface area contributed by atoms with E-state index in [-0.39, 0.29) is 32.0 Å². The number of carbonyl (C=O) groups excluding carboxylic acids is 2. The molecule has 0 fully saturated rings. The molecule has 102 heavy (non-hydrogen) atoms. The van der Waals surface area contributed by atoms with Crippen molar-refractivity contribution in [2.45, 2.75) is 367 Å². The van der Waals surface area contributed by atoms with Crippen molar-refractivity contribution in [2.75, 3.05) is 47.5 Å². The lowest BCUT2D eigenvalue weighted by atomic mass is 10.0. The number of unbranched alkanes of at least 4 members (excludes halogenated alkanes) is 37. The Bertz CT molecular complexity index is 2290. The average molecular weight is 1440 g/mol. The van der Waals surface area contributed by atoms with E-state index in [0.717, 1.165) is 122 Å². The molecule has 0 amide bonds. The first-order chi connectivity index (χ1) is 50.0. The summed E-state index contributed by atoms with van der Waals surface area (Å²) in [6.07, 6.45) is 121. The number of hydrogen-bond donors (Lipinski definition) is 0. The minimum atomic E-state index is -4.66. The van der Waals surface area contributed by atoms with Gasteiger partial charge in [-0.2, -0.15) is 0 Å². The molecule has 0 aliphatic carbocycles. The van der Waals surface area contributed by atoms with Gasteiger partial charge < -0.3 is 27.9 Å². The van der Waals surface area contributed by atoms with Gasteiger partial charge in [-0.3, -0.25) is 14.2 Å². The molecule has 10 heteroatoms. The summed E-state index contributed by atoms with van der Waals surface area (Å²) >= 11 is 0. The van der Waals surface area contributed by atoms with Crippen LogP contribution in [-0.2, 0) is 32.7 Å². The van der Waals surface area contributed by atoms with Gasteiger partial charge in [-0.15, -0.1) is 0 Å². The van der Waals surface area contributed by atoms with Gasteiger partial charge in [0.15, 0.2) is 6.10 Å². The molecule has 0 heterocycles. The van der Waals surface area contributed by atoms with Crippen LogP contribution in [0.5, 0.6) is 0 Å². The zero-order valence-electron chi connectivity index (χ0n) is 66.8. The molecule has 0 rings (SSSR count). The second-order valence-electron chi connectivity index (χ2n) is 29.1. The fraction of sp³-hybridized carbons (Fsp3) is 0.696. The normalized spacial score (nSPS) is 13.8. The maximum Gasteiger partial charge on any atom is 0.306 e. The third-order valence-corrected chi connectivity index (χ3v) is 19.0. The highest BCUT2D eigenvalue weighted by atomic mass is 31.2. The number of phosphoric acid groups is 1. The van der Waals surface area contributed by atoms with Crippen LogP contribution in [0.15, 0.2) is 158 Å². The van der Waals surface area contributed by atoms with Gasteiger partial charge in [-0.1, -0.05) is 377 Å². The van der Waals surface area contributed by atoms with E-state index in [4.69, 9.17) is 18.5 Å². The molecule has 0 aromatic carbocycles. The van der Waals surface area contributed by atoms with Crippen LogP contribution in [-0.4, -0.2) is 70.0 Å². The molecule has 0 N–H and O–H groups in total. The number of likely N-dealkylation sites (N-methyl/N-ethyl adjacent to an activating group) is 1. The summed E-state index contributed by atoms with van der Waals surface area (Å²) in [5.41, 5.74) is 0. The summed E-state index contributed by atoms with van der Waals surface area (Å²) in [5, 5.41) is 0. The smallest absolute Gasteiger partial charge is 0.306 e. The number of phosphoric ester groups is 1. The number of hydrogen-bond acceptors (Lipinski definition) is 8. The van der Waals surface area contributed by atoms with Gasteiger partial charge in [0.1, 0.15) is 19.8 Å². The van der Waals surface area contributed by atoms with E-state index in [1.165, 1.54) is 205 Å². The van der Waals surface area contributed by atoms with Crippen molar-refractivity contribution in [3.05, 3.63) is 158 Å². The lowest BCUT2D eigenvalue weighted by molar-refractivity contribution is -0.870. The Morgan fingerprint density at radius 2 is 0.559 bits per heavy atom. The van der Waals surface area contributed by atoms with Crippen LogP contribution in [0, 0.1) is 0 Å². The number of nitrogens with zero attached hydrogens (tertiary/aromatic N) is 1. The fourth-order valence-electron chi connectivity index (χ4n) is 11.6. The van der Waals surface area contributed by atoms with E-state index in [1.807, 2.05) is 21.1 Å². The minimum Gasteiger partial charge on any atom is -0.756 e. The van der Waals surface area contributed by atoms with Gasteiger partial charge >= 0.3 is 11.9 Å². The predicted octanol–water partition coefficient (Wildman–Crippen LogP) is 28.0. The molecule has 0 radical (unpaired) electrons. The summed E-state index contributed by atoms with van der Waals surface area (Å²) in [6, 6.07) is 0. The standard InChI is InChI=1S/C92H158NO8P/c1-6-8-10-12-14-16-18-20-22-24-26-28-30-32-34-36-38-40-42-44-45-46-47-49-51-53-55-57-59-61-63-65-67-69-71-73-75-77-79-81-83-85-92(95)101-90(89-100-102(96,97)99-87-86-93(3,4)5)88-98-91(94)84-82-80-78-76-74-72-70-68-66-64-62-60-58-56-54-52-50-48-43-41-39-37-35-33-31-29-27-25-23-21-19-17-15-13-11-9-7-2/h8,10,14,16,20,22,25-28,32,34,38,40,44-45,47,49,53,55,59,61,65,67,71,73,90H,6-7,9,11-13,15,17-19,21,23-24,29-31,33,35-37,39,41-43,46,48,50-52,54,56-58,60,62-64,66,68-70,72,74-89H2,1-5H3/b10-8-,16-14-,22-20-,27-25-,28-26-,34-32-,40-38-,45-44-,49-47-,55-53-,61-59-,67-65-,73-71-. The first-order valence-electron chi connectivity index (χ1n) is 42.2. The fourth-order valence-corrected chi connectivity index (χ4v) is 12.4. The Balaban J connectivity index is 4.04. The number of ether oxygens (including phenoxy) is 2. The van der Waals surface area contributed by atoms with E-state index in [0.29, 0.717) is 17.4 Å². The minimum absolute atomic E-state index is 0.0423. The molecular formula is C92H158NO8P. The van der Waals surface area contributed by atoms with Gasteiger partial charge in [0.05, 0.1) is 27.7 Å². The monoisotopic (exact) mass is 1440 g/mol. The lowest BCUT2D eigenvalue weighted by Crippen LogP contribution is -2.37. The first-order valence-corrected chi connectivity index (χ1v) is 43.7. The molecule has 0 spiro atoms. The molecule has 584 valence electrons. The van der Waals surface area contributed by atoms with E-state index < -0.39 is 26.5 Å². The topological polar surface area (TPSA) is 111 Å². The average Bonchev–Trinajstić information content (AvgIpc) is 0.916. The van der Waals surface area contributed by atoms with Crippen molar-refractivity contribution in [2.24, 2.45) is 0 Å². The second-order valence-corrected chi connectivity index (χ2v) is 30.5. The molecule has 2 atom stereocenters. The Morgan fingerprint density at radius 3 is 0.843 bits per heavy atom. The Kier molecular flexibility index (Phi) is 77.3. The van der Waals surface area contributed by atoms with Crippen LogP contribution >= 0.6 is 7.82 Å². The van der Waals surface area contributed by atoms with E-state index >= 15 is 0 Å². The maximum absolute atomic E-state index is 12.9. The van der Waals surface area contributed by atoms with Gasteiger partial charge in [-0.05, 0) is 128 Å². The van der Waals surface area contributed by atoms with E-state index in [9.17, 15) is 19.0 Å². The summed E-state index contributed by atoms with van der Waals surface area (Å²) < 4.78 is 34.4. The number of carbonyl (C=O) groups is 2. The predicted molar refractivity (Wildman–Crippen MR) is 443 cm³/mol. The van der Waals surface area contributed by atoms with Gasteiger partial charge in [0.2, 0.25) is 0 Å². The van der Waals surface area contributed by atoms with Crippen LogP contribution in [0.1, 0.15) is 361 Å². The zero-order chi connectivity index (χ0) is 74.0. The molecule has 0 aliphatic heterocycles. The summed E-state index contributed by atoms with van der Waals surface area (Å²) in [6.45, 7) is 4.12. The Labute approximate surface area is 630 Å². The van der Waals surface area contributed by atoms with E-state index in [2.05, 4.69) is 172 Å². The Hall–Kier alpha value is -4.37. The molecule has 9 nitrogen and oxygen atoms in total. The summed E-state index contributed by atoms with van der Waals surface area (Å²) in [5.74, 6) is -0.859. The third-order valence-electron chi connectivity index (χ3n) is 18.0. The van der Waals surface area contributed by atoms with Crippen molar-refractivity contribution < 1.29 is 42.1 Å². The number of esters is 2. The van der Waals surface area contributed by atoms with Crippen LogP contribution in [0.2, 0.25) is 0 Å². The quantitative estimate of drug-likeness (QED) is 0.0195. The number of allylic oxidation sites excluding steroid dienone is 26. The molecule has 0 bridgehead atoms.